The number of alkyl halides is 4. The molecule has 2 aliphatic heterocycles. The Morgan fingerprint density at radius 2 is 2.07 bits per heavy atom. The lowest BCUT2D eigenvalue weighted by Crippen LogP contribution is -2.54. The van der Waals surface area contributed by atoms with Crippen LogP contribution in [-0.4, -0.2) is 40.0 Å². The topological polar surface area (TPSA) is 49.3 Å². The molecule has 0 N–H and O–H groups in total. The van der Waals surface area contributed by atoms with Gasteiger partial charge in [-0.2, -0.15) is 13.2 Å². The highest BCUT2D eigenvalue weighted by molar-refractivity contribution is 5.82. The van der Waals surface area contributed by atoms with Crippen molar-refractivity contribution in [3.8, 4) is 0 Å². The fourth-order valence-electron chi connectivity index (χ4n) is 3.71. The maximum Gasteiger partial charge on any atom is 0.433 e. The molecule has 0 radical (unpaired) electrons. The van der Waals surface area contributed by atoms with Crippen molar-refractivity contribution in [1.29, 1.82) is 0 Å². The first kappa shape index (κ1) is 16.1. The molecular formula is C20H20F4N4O. The summed E-state index contributed by atoms with van der Waals surface area (Å²) < 4.78 is 76.6. The van der Waals surface area contributed by atoms with Crippen molar-refractivity contribution >= 4 is 11.6 Å². The smallest absolute Gasteiger partial charge is 0.370 e. The molecule has 9 heteroatoms. The van der Waals surface area contributed by atoms with Crippen LogP contribution in [0.4, 0.5) is 23.2 Å². The Morgan fingerprint density at radius 1 is 1.31 bits per heavy atom. The van der Waals surface area contributed by atoms with Crippen molar-refractivity contribution in [3.05, 3.63) is 52.6 Å². The minimum atomic E-state index is -4.58. The Bertz CT molecular complexity index is 1050. The summed E-state index contributed by atoms with van der Waals surface area (Å²) in [5.74, 6) is -1.45. The number of carbonyl (C=O) groups excluding carboxylic acids is 1. The Hall–Kier alpha value is -2.71. The van der Waals surface area contributed by atoms with Gasteiger partial charge < -0.3 is 9.80 Å². The van der Waals surface area contributed by atoms with Gasteiger partial charge in [-0.1, -0.05) is 0 Å². The summed E-state index contributed by atoms with van der Waals surface area (Å²) in [6.07, 6.45) is -5.38. The maximum atomic E-state index is 14.9. The van der Waals surface area contributed by atoms with E-state index in [-0.39, 0.29) is 37.4 Å². The van der Waals surface area contributed by atoms with E-state index < -0.39 is 36.7 Å². The van der Waals surface area contributed by atoms with E-state index in [9.17, 15) is 22.4 Å². The number of aryl methyl sites for hydroxylation is 2. The molecule has 4 rings (SSSR count). The van der Waals surface area contributed by atoms with Gasteiger partial charge >= 0.3 is 6.18 Å². The molecule has 2 aromatic rings. The Morgan fingerprint density at radius 3 is 2.76 bits per heavy atom. The van der Waals surface area contributed by atoms with E-state index in [4.69, 9.17) is 4.11 Å². The fraction of sp³-hybridized carbons (Fsp3) is 0.450. The molecule has 2 aromatic heterocycles. The van der Waals surface area contributed by atoms with Crippen LogP contribution in [0, 0.1) is 19.7 Å². The van der Waals surface area contributed by atoms with E-state index in [1.165, 1.54) is 17.0 Å². The van der Waals surface area contributed by atoms with Crippen molar-refractivity contribution < 1.29 is 26.5 Å². The zero-order valence-electron chi connectivity index (χ0n) is 18.5. The van der Waals surface area contributed by atoms with Crippen LogP contribution < -0.4 is 4.90 Å². The summed E-state index contributed by atoms with van der Waals surface area (Å²) in [5.41, 5.74) is 0.712. The van der Waals surface area contributed by atoms with E-state index in [1.807, 2.05) is 0 Å². The minimum absolute atomic E-state index is 0.0229. The zero-order chi connectivity index (χ0) is 23.4. The average Bonchev–Trinajstić information content (AvgIpc) is 3.08. The predicted octanol–water partition coefficient (Wildman–Crippen LogP) is 3.43. The van der Waals surface area contributed by atoms with E-state index >= 15 is 0 Å². The maximum absolute atomic E-state index is 14.9. The predicted molar refractivity (Wildman–Crippen MR) is 97.8 cm³/mol. The van der Waals surface area contributed by atoms with Crippen LogP contribution in [0.5, 0.6) is 0 Å². The molecule has 0 saturated carbocycles. The molecule has 4 heterocycles. The number of hydrogen-bond donors (Lipinski definition) is 0. The summed E-state index contributed by atoms with van der Waals surface area (Å²) in [6.45, 7) is -0.551. The number of amides is 1. The third-order valence-electron chi connectivity index (χ3n) is 5.30. The molecule has 5 nitrogen and oxygen atoms in total. The molecule has 1 unspecified atom stereocenters. The van der Waals surface area contributed by atoms with Gasteiger partial charge in [0.05, 0.1) is 12.2 Å². The molecule has 1 saturated heterocycles. The van der Waals surface area contributed by atoms with Crippen LogP contribution in [0.1, 0.15) is 32.3 Å². The Kier molecular flexibility index (Phi) is 3.87. The van der Waals surface area contributed by atoms with Gasteiger partial charge in [0, 0.05) is 47.2 Å². The summed E-state index contributed by atoms with van der Waals surface area (Å²) >= 11 is 0. The molecule has 0 aromatic carbocycles. The van der Waals surface area contributed by atoms with E-state index in [1.54, 1.807) is 11.8 Å². The van der Waals surface area contributed by atoms with Gasteiger partial charge in [0.1, 0.15) is 5.69 Å². The number of anilines is 1. The Labute approximate surface area is 169 Å². The molecular weight excluding hydrogens is 388 g/mol. The molecule has 0 spiro atoms. The number of carbonyl (C=O) groups is 1. The van der Waals surface area contributed by atoms with Gasteiger partial charge in [-0.25, -0.2) is 4.39 Å². The van der Waals surface area contributed by atoms with Gasteiger partial charge in [-0.05, 0) is 43.1 Å². The molecule has 2 aliphatic rings. The van der Waals surface area contributed by atoms with E-state index in [2.05, 4.69) is 9.97 Å². The summed E-state index contributed by atoms with van der Waals surface area (Å²) in [7, 11) is 0. The number of aromatic nitrogens is 2. The van der Waals surface area contributed by atoms with Crippen molar-refractivity contribution in [1.82, 2.24) is 14.9 Å². The largest absolute Gasteiger partial charge is 0.433 e. The minimum Gasteiger partial charge on any atom is -0.370 e. The monoisotopic (exact) mass is 411 g/mol. The van der Waals surface area contributed by atoms with Gasteiger partial charge in [-0.3, -0.25) is 14.8 Å². The number of hydrogen-bond acceptors (Lipinski definition) is 4. The molecule has 29 heavy (non-hydrogen) atoms. The first-order valence-corrected chi connectivity index (χ1v) is 9.05. The van der Waals surface area contributed by atoms with Crippen LogP contribution in [-0.2, 0) is 24.1 Å². The number of nitrogens with zero attached hydrogens (tertiary/aromatic N) is 4. The molecule has 1 amide bonds. The van der Waals surface area contributed by atoms with Crippen molar-refractivity contribution in [2.75, 3.05) is 18.0 Å². The highest BCUT2D eigenvalue weighted by Crippen LogP contribution is 2.34. The normalized spacial score (nSPS) is 19.8. The second kappa shape index (κ2) is 6.96. The van der Waals surface area contributed by atoms with E-state index in [0.29, 0.717) is 17.0 Å². The standard InChI is InChI=1S/C20H20F4N4O/c1-11-5-12(2)26-16-10-28(9-15(11)16)19(29)18(21)13-7-27(8-13)14-3-4-25-17(6-14)20(22,23)24/h3-6,13,18H,7-10H2,1-2H3/i1D3. The fourth-order valence-corrected chi connectivity index (χ4v) is 3.71. The van der Waals surface area contributed by atoms with Gasteiger partial charge in [0.25, 0.3) is 5.91 Å². The Balaban J connectivity index is 1.42. The van der Waals surface area contributed by atoms with Crippen molar-refractivity contribution in [3.63, 3.8) is 0 Å². The lowest BCUT2D eigenvalue weighted by Gasteiger charge is -2.42. The quantitative estimate of drug-likeness (QED) is 0.727. The van der Waals surface area contributed by atoms with E-state index in [0.717, 1.165) is 12.3 Å². The molecule has 154 valence electrons. The van der Waals surface area contributed by atoms with Crippen LogP contribution in [0.15, 0.2) is 24.4 Å². The highest BCUT2D eigenvalue weighted by Gasteiger charge is 2.42. The number of rotatable bonds is 3. The van der Waals surface area contributed by atoms with Crippen LogP contribution in [0.25, 0.3) is 0 Å². The average molecular weight is 411 g/mol. The third kappa shape index (κ3) is 3.65. The highest BCUT2D eigenvalue weighted by atomic mass is 19.4. The second-order valence-electron chi connectivity index (χ2n) is 7.39. The molecule has 0 bridgehead atoms. The third-order valence-corrected chi connectivity index (χ3v) is 5.30. The van der Waals surface area contributed by atoms with Gasteiger partial charge in [0.2, 0.25) is 0 Å². The summed E-state index contributed by atoms with van der Waals surface area (Å²) in [5, 5.41) is 0. The lowest BCUT2D eigenvalue weighted by atomic mass is 9.93. The van der Waals surface area contributed by atoms with Crippen molar-refractivity contribution in [2.24, 2.45) is 5.92 Å². The van der Waals surface area contributed by atoms with Crippen LogP contribution >= 0.6 is 0 Å². The summed E-state index contributed by atoms with van der Waals surface area (Å²) in [4.78, 5) is 23.1. The first-order chi connectivity index (χ1) is 14.8. The van der Waals surface area contributed by atoms with Crippen LogP contribution in [0.3, 0.4) is 0 Å². The first-order valence-electron chi connectivity index (χ1n) is 10.6. The number of fused-ring (bicyclic) bond motifs is 1. The molecule has 1 atom stereocenters. The summed E-state index contributed by atoms with van der Waals surface area (Å²) in [6, 6.07) is 3.76. The molecule has 0 aliphatic carbocycles. The second-order valence-corrected chi connectivity index (χ2v) is 7.39. The number of pyridine rings is 2. The van der Waals surface area contributed by atoms with Crippen LogP contribution in [0.2, 0.25) is 0 Å². The number of halogens is 4. The molecule has 1 fully saturated rings. The van der Waals surface area contributed by atoms with Gasteiger partial charge in [-0.15, -0.1) is 0 Å². The van der Waals surface area contributed by atoms with Gasteiger partial charge in [0.15, 0.2) is 6.17 Å². The SMILES string of the molecule is [2H]C([2H])([2H])c1cc(C)nc2c1CN(C(=O)C(F)C1CN(c3ccnc(C(F)(F)F)c3)C1)C2. The van der Waals surface area contributed by atoms with Crippen molar-refractivity contribution in [2.45, 2.75) is 39.2 Å². The lowest BCUT2D eigenvalue weighted by molar-refractivity contribution is -0.141. The zero-order valence-corrected chi connectivity index (χ0v) is 15.5.